The number of halogens is 2. The third-order valence-corrected chi connectivity index (χ3v) is 3.90. The summed E-state index contributed by atoms with van der Waals surface area (Å²) >= 11 is 12.0. The summed E-state index contributed by atoms with van der Waals surface area (Å²) in [4.78, 5) is 15.8. The molecule has 1 saturated heterocycles. The molecule has 0 N–H and O–H groups in total. The van der Waals surface area contributed by atoms with E-state index in [1.54, 1.807) is 12.1 Å². The van der Waals surface area contributed by atoms with Crippen LogP contribution in [0.1, 0.15) is 11.6 Å². The van der Waals surface area contributed by atoms with Crippen LogP contribution >= 0.6 is 23.2 Å². The SMILES string of the molecule is CN1CCN(C(C=O)c2ccc(Cl)cc2Cl)CC1. The highest BCUT2D eigenvalue weighted by Crippen LogP contribution is 2.29. The van der Waals surface area contributed by atoms with Crippen molar-refractivity contribution in [3.05, 3.63) is 33.8 Å². The number of likely N-dealkylation sites (N-methyl/N-ethyl adjacent to an activating group) is 1. The van der Waals surface area contributed by atoms with E-state index < -0.39 is 0 Å². The average molecular weight is 287 g/mol. The molecular weight excluding hydrogens is 271 g/mol. The molecule has 5 heteroatoms. The Labute approximate surface area is 117 Å². The maximum Gasteiger partial charge on any atom is 0.141 e. The highest BCUT2D eigenvalue weighted by Gasteiger charge is 2.24. The monoisotopic (exact) mass is 286 g/mol. The van der Waals surface area contributed by atoms with E-state index in [9.17, 15) is 4.79 Å². The van der Waals surface area contributed by atoms with Crippen molar-refractivity contribution in [3.8, 4) is 0 Å². The minimum atomic E-state index is -0.275. The summed E-state index contributed by atoms with van der Waals surface area (Å²) in [6, 6.07) is 5.02. The number of carbonyl (C=O) groups excluding carboxylic acids is 1. The largest absolute Gasteiger partial charge is 0.304 e. The van der Waals surface area contributed by atoms with Gasteiger partial charge in [-0.3, -0.25) is 4.90 Å². The normalized spacial score (nSPS) is 19.7. The van der Waals surface area contributed by atoms with Gasteiger partial charge in [0.05, 0.1) is 6.04 Å². The van der Waals surface area contributed by atoms with Crippen LogP contribution in [-0.4, -0.2) is 49.3 Å². The van der Waals surface area contributed by atoms with Gasteiger partial charge in [0, 0.05) is 36.2 Å². The first-order chi connectivity index (χ1) is 8.61. The van der Waals surface area contributed by atoms with E-state index in [1.807, 2.05) is 6.07 Å². The standard InChI is InChI=1S/C13H16Cl2N2O/c1-16-4-6-17(7-5-16)13(9-18)11-3-2-10(14)8-12(11)15/h2-3,8-9,13H,4-7H2,1H3. The molecule has 0 radical (unpaired) electrons. The Morgan fingerprint density at radius 1 is 1.22 bits per heavy atom. The van der Waals surface area contributed by atoms with Gasteiger partial charge in [-0.1, -0.05) is 29.3 Å². The van der Waals surface area contributed by atoms with Gasteiger partial charge in [0.1, 0.15) is 6.29 Å². The lowest BCUT2D eigenvalue weighted by atomic mass is 10.1. The summed E-state index contributed by atoms with van der Waals surface area (Å²) in [5.74, 6) is 0. The Balaban J connectivity index is 2.20. The molecule has 0 spiro atoms. The molecule has 0 amide bonds. The predicted octanol–water partition coefficient (Wildman–Crippen LogP) is 2.48. The van der Waals surface area contributed by atoms with Crippen molar-refractivity contribution in [2.24, 2.45) is 0 Å². The number of piperazine rings is 1. The molecule has 98 valence electrons. The van der Waals surface area contributed by atoms with Crippen molar-refractivity contribution in [3.63, 3.8) is 0 Å². The van der Waals surface area contributed by atoms with Gasteiger partial charge >= 0.3 is 0 Å². The number of rotatable bonds is 3. The smallest absolute Gasteiger partial charge is 0.141 e. The minimum Gasteiger partial charge on any atom is -0.304 e. The average Bonchev–Trinajstić information content (AvgIpc) is 2.35. The Hall–Kier alpha value is -0.610. The van der Waals surface area contributed by atoms with Gasteiger partial charge in [0.2, 0.25) is 0 Å². The molecule has 0 saturated carbocycles. The molecular formula is C13H16Cl2N2O. The molecule has 1 aliphatic rings. The summed E-state index contributed by atoms with van der Waals surface area (Å²) in [5, 5.41) is 1.14. The van der Waals surface area contributed by atoms with E-state index in [2.05, 4.69) is 16.8 Å². The van der Waals surface area contributed by atoms with Crippen molar-refractivity contribution in [2.45, 2.75) is 6.04 Å². The molecule has 1 unspecified atom stereocenters. The lowest BCUT2D eigenvalue weighted by Gasteiger charge is -2.36. The van der Waals surface area contributed by atoms with E-state index in [-0.39, 0.29) is 6.04 Å². The van der Waals surface area contributed by atoms with Gasteiger partial charge in [0.25, 0.3) is 0 Å². The van der Waals surface area contributed by atoms with Gasteiger partial charge in [-0.2, -0.15) is 0 Å². The van der Waals surface area contributed by atoms with Crippen molar-refractivity contribution >= 4 is 29.5 Å². The zero-order chi connectivity index (χ0) is 13.1. The Morgan fingerprint density at radius 3 is 2.44 bits per heavy atom. The lowest BCUT2D eigenvalue weighted by molar-refractivity contribution is -0.113. The number of hydrogen-bond acceptors (Lipinski definition) is 3. The van der Waals surface area contributed by atoms with E-state index >= 15 is 0 Å². The summed E-state index contributed by atoms with van der Waals surface area (Å²) in [6.45, 7) is 3.68. The molecule has 1 fully saturated rings. The molecule has 1 aromatic rings. The zero-order valence-electron chi connectivity index (χ0n) is 10.3. The molecule has 1 atom stereocenters. The second-order valence-corrected chi connectivity index (χ2v) is 5.43. The van der Waals surface area contributed by atoms with Gasteiger partial charge in [-0.25, -0.2) is 0 Å². The van der Waals surface area contributed by atoms with Crippen LogP contribution in [0.3, 0.4) is 0 Å². The maximum absolute atomic E-state index is 11.4. The van der Waals surface area contributed by atoms with Crippen LogP contribution in [0.15, 0.2) is 18.2 Å². The molecule has 0 aromatic heterocycles. The van der Waals surface area contributed by atoms with E-state index in [0.29, 0.717) is 10.0 Å². The fraction of sp³-hybridized carbons (Fsp3) is 0.462. The van der Waals surface area contributed by atoms with Gasteiger partial charge < -0.3 is 9.69 Å². The molecule has 2 rings (SSSR count). The van der Waals surface area contributed by atoms with Crippen LogP contribution in [0.2, 0.25) is 10.0 Å². The lowest BCUT2D eigenvalue weighted by Crippen LogP contribution is -2.46. The highest BCUT2D eigenvalue weighted by atomic mass is 35.5. The molecule has 1 heterocycles. The van der Waals surface area contributed by atoms with E-state index in [0.717, 1.165) is 38.0 Å². The maximum atomic E-state index is 11.4. The third-order valence-electron chi connectivity index (χ3n) is 3.34. The highest BCUT2D eigenvalue weighted by molar-refractivity contribution is 6.35. The zero-order valence-corrected chi connectivity index (χ0v) is 11.8. The first-order valence-corrected chi connectivity index (χ1v) is 6.70. The number of benzene rings is 1. The Kier molecular flexibility index (Phi) is 4.62. The topological polar surface area (TPSA) is 23.6 Å². The van der Waals surface area contributed by atoms with Gasteiger partial charge in [0.15, 0.2) is 0 Å². The number of aldehydes is 1. The molecule has 1 aromatic carbocycles. The van der Waals surface area contributed by atoms with Gasteiger partial charge in [-0.05, 0) is 24.7 Å². The second-order valence-electron chi connectivity index (χ2n) is 4.59. The molecule has 3 nitrogen and oxygen atoms in total. The van der Waals surface area contributed by atoms with Crippen molar-refractivity contribution in [1.82, 2.24) is 9.80 Å². The summed E-state index contributed by atoms with van der Waals surface area (Å²) in [7, 11) is 2.09. The summed E-state index contributed by atoms with van der Waals surface area (Å²) in [5.41, 5.74) is 0.834. The second kappa shape index (κ2) is 6.02. The molecule has 0 aliphatic carbocycles. The molecule has 18 heavy (non-hydrogen) atoms. The van der Waals surface area contributed by atoms with E-state index in [1.165, 1.54) is 0 Å². The first kappa shape index (κ1) is 13.8. The van der Waals surface area contributed by atoms with Crippen LogP contribution in [0, 0.1) is 0 Å². The molecule has 1 aliphatic heterocycles. The third kappa shape index (κ3) is 3.04. The fourth-order valence-electron chi connectivity index (χ4n) is 2.20. The predicted molar refractivity (Wildman–Crippen MR) is 74.3 cm³/mol. The molecule has 0 bridgehead atoms. The van der Waals surface area contributed by atoms with Crippen molar-refractivity contribution in [1.29, 1.82) is 0 Å². The number of carbonyl (C=O) groups is 1. The summed E-state index contributed by atoms with van der Waals surface area (Å²) in [6.07, 6.45) is 0.959. The van der Waals surface area contributed by atoms with Crippen LogP contribution in [0.25, 0.3) is 0 Å². The van der Waals surface area contributed by atoms with Crippen LogP contribution in [-0.2, 0) is 4.79 Å². The van der Waals surface area contributed by atoms with Gasteiger partial charge in [-0.15, -0.1) is 0 Å². The van der Waals surface area contributed by atoms with Crippen LogP contribution in [0.4, 0.5) is 0 Å². The Morgan fingerprint density at radius 2 is 1.89 bits per heavy atom. The minimum absolute atomic E-state index is 0.275. The first-order valence-electron chi connectivity index (χ1n) is 5.94. The Bertz CT molecular complexity index is 431. The number of hydrogen-bond donors (Lipinski definition) is 0. The fourth-order valence-corrected chi connectivity index (χ4v) is 2.72. The van der Waals surface area contributed by atoms with Crippen molar-refractivity contribution in [2.75, 3.05) is 33.2 Å². The number of nitrogens with zero attached hydrogens (tertiary/aromatic N) is 2. The van der Waals surface area contributed by atoms with Crippen LogP contribution in [0.5, 0.6) is 0 Å². The van der Waals surface area contributed by atoms with Crippen molar-refractivity contribution < 1.29 is 4.79 Å². The van der Waals surface area contributed by atoms with Crippen LogP contribution < -0.4 is 0 Å². The summed E-state index contributed by atoms with van der Waals surface area (Å²) < 4.78 is 0. The van der Waals surface area contributed by atoms with E-state index in [4.69, 9.17) is 23.2 Å². The quantitative estimate of drug-likeness (QED) is 0.798.